The maximum atomic E-state index is 11.9. The second-order valence-electron chi connectivity index (χ2n) is 5.71. The van der Waals surface area contributed by atoms with E-state index >= 15 is 0 Å². The third-order valence-electron chi connectivity index (χ3n) is 3.84. The maximum Gasteiger partial charge on any atom is 0.220 e. The summed E-state index contributed by atoms with van der Waals surface area (Å²) in [5.74, 6) is 0.0292. The highest BCUT2D eigenvalue weighted by Gasteiger charge is 2.04. The molecule has 2 aromatic heterocycles. The van der Waals surface area contributed by atoms with Crippen LogP contribution in [0.1, 0.15) is 12.0 Å². The Morgan fingerprint density at radius 1 is 1.16 bits per heavy atom. The number of hydrogen-bond donors (Lipinski definition) is 1. The van der Waals surface area contributed by atoms with Crippen LogP contribution in [0.4, 0.5) is 0 Å². The van der Waals surface area contributed by atoms with Gasteiger partial charge in [-0.2, -0.15) is 5.10 Å². The first-order chi connectivity index (χ1) is 12.2. The highest BCUT2D eigenvalue weighted by atomic mass is 35.5. The van der Waals surface area contributed by atoms with Gasteiger partial charge in [-0.1, -0.05) is 23.7 Å². The molecular weight excluding hydrogens is 336 g/mol. The molecule has 0 unspecified atom stereocenters. The Bertz CT molecular complexity index is 832. The lowest BCUT2D eigenvalue weighted by Crippen LogP contribution is -2.27. The first-order valence-electron chi connectivity index (χ1n) is 8.15. The molecule has 1 N–H and O–H groups in total. The van der Waals surface area contributed by atoms with E-state index < -0.39 is 0 Å². The second-order valence-corrected chi connectivity index (χ2v) is 6.14. The number of aromatic nitrogens is 3. The number of benzene rings is 1. The molecule has 0 aliphatic heterocycles. The predicted octanol–water partition coefficient (Wildman–Crippen LogP) is 3.35. The molecule has 0 saturated heterocycles. The monoisotopic (exact) mass is 354 g/mol. The molecule has 0 spiro atoms. The van der Waals surface area contributed by atoms with E-state index in [1.807, 2.05) is 53.5 Å². The van der Waals surface area contributed by atoms with Gasteiger partial charge < -0.3 is 5.32 Å². The average Bonchev–Trinajstić information content (AvgIpc) is 3.10. The van der Waals surface area contributed by atoms with Crippen molar-refractivity contribution in [2.24, 2.45) is 0 Å². The molecule has 128 valence electrons. The van der Waals surface area contributed by atoms with Gasteiger partial charge in [-0.05, 0) is 41.8 Å². The Morgan fingerprint density at radius 3 is 2.80 bits per heavy atom. The van der Waals surface area contributed by atoms with Crippen molar-refractivity contribution >= 4 is 17.5 Å². The number of aryl methyl sites for hydroxylation is 1. The van der Waals surface area contributed by atoms with E-state index in [4.69, 9.17) is 11.6 Å². The number of rotatable bonds is 7. The highest BCUT2D eigenvalue weighted by molar-refractivity contribution is 6.30. The third-order valence-corrected chi connectivity index (χ3v) is 4.07. The summed E-state index contributed by atoms with van der Waals surface area (Å²) in [5, 5.41) is 7.94. The van der Waals surface area contributed by atoms with Gasteiger partial charge in [-0.3, -0.25) is 14.5 Å². The van der Waals surface area contributed by atoms with Crippen LogP contribution in [0.15, 0.2) is 61.2 Å². The number of nitrogens with one attached hydrogen (secondary N) is 1. The minimum absolute atomic E-state index is 0.0292. The largest absolute Gasteiger partial charge is 0.354 e. The lowest BCUT2D eigenvalue weighted by atomic mass is 10.1. The summed E-state index contributed by atoms with van der Waals surface area (Å²) < 4.78 is 1.83. The van der Waals surface area contributed by atoms with E-state index in [9.17, 15) is 4.79 Å². The van der Waals surface area contributed by atoms with Crippen molar-refractivity contribution in [3.8, 4) is 11.1 Å². The highest BCUT2D eigenvalue weighted by Crippen LogP contribution is 2.16. The molecule has 5 nitrogen and oxygen atoms in total. The van der Waals surface area contributed by atoms with Crippen LogP contribution >= 0.6 is 11.6 Å². The zero-order valence-corrected chi connectivity index (χ0v) is 14.5. The van der Waals surface area contributed by atoms with Crippen molar-refractivity contribution in [2.45, 2.75) is 19.4 Å². The van der Waals surface area contributed by atoms with Crippen LogP contribution in [0, 0.1) is 0 Å². The predicted molar refractivity (Wildman–Crippen MR) is 98.2 cm³/mol. The van der Waals surface area contributed by atoms with Crippen molar-refractivity contribution in [3.63, 3.8) is 0 Å². The molecule has 0 radical (unpaired) electrons. The van der Waals surface area contributed by atoms with Gasteiger partial charge in [0.2, 0.25) is 5.91 Å². The first-order valence-corrected chi connectivity index (χ1v) is 8.52. The number of hydrogen-bond acceptors (Lipinski definition) is 3. The van der Waals surface area contributed by atoms with E-state index in [0.717, 1.165) is 16.7 Å². The lowest BCUT2D eigenvalue weighted by Gasteiger charge is -2.06. The summed E-state index contributed by atoms with van der Waals surface area (Å²) in [4.78, 5) is 15.9. The summed E-state index contributed by atoms with van der Waals surface area (Å²) in [5.41, 5.74) is 3.18. The Balaban J connectivity index is 1.42. The summed E-state index contributed by atoms with van der Waals surface area (Å²) in [6.45, 7) is 1.18. The molecule has 3 rings (SSSR count). The lowest BCUT2D eigenvalue weighted by molar-refractivity contribution is -0.121. The van der Waals surface area contributed by atoms with Gasteiger partial charge in [0.1, 0.15) is 0 Å². The van der Waals surface area contributed by atoms with Gasteiger partial charge in [-0.25, -0.2) is 0 Å². The molecule has 25 heavy (non-hydrogen) atoms. The minimum atomic E-state index is 0.0292. The third kappa shape index (κ3) is 5.16. The SMILES string of the molecule is O=C(CCc1cccc(Cl)c1)NCCn1cc(-c2ccncc2)cn1. The summed E-state index contributed by atoms with van der Waals surface area (Å²) in [6, 6.07) is 11.5. The Hall–Kier alpha value is -2.66. The molecule has 0 aliphatic carbocycles. The Kier molecular flexibility index (Phi) is 5.80. The molecule has 0 fully saturated rings. The van der Waals surface area contributed by atoms with E-state index in [1.165, 1.54) is 0 Å². The average molecular weight is 355 g/mol. The van der Waals surface area contributed by atoms with Gasteiger partial charge in [0.05, 0.1) is 12.7 Å². The fraction of sp³-hybridized carbons (Fsp3) is 0.211. The molecule has 0 atom stereocenters. The van der Waals surface area contributed by atoms with Crippen molar-refractivity contribution in [1.29, 1.82) is 0 Å². The second kappa shape index (κ2) is 8.44. The van der Waals surface area contributed by atoms with Gasteiger partial charge in [0.15, 0.2) is 0 Å². The van der Waals surface area contributed by atoms with Gasteiger partial charge in [0, 0.05) is 42.1 Å². The van der Waals surface area contributed by atoms with Gasteiger partial charge >= 0.3 is 0 Å². The van der Waals surface area contributed by atoms with Crippen LogP contribution in [0.3, 0.4) is 0 Å². The van der Waals surface area contributed by atoms with Crippen molar-refractivity contribution in [1.82, 2.24) is 20.1 Å². The molecule has 0 saturated carbocycles. The van der Waals surface area contributed by atoms with Crippen LogP contribution in [0.2, 0.25) is 5.02 Å². The van der Waals surface area contributed by atoms with Crippen LogP contribution in [0.25, 0.3) is 11.1 Å². The zero-order chi connectivity index (χ0) is 17.5. The van der Waals surface area contributed by atoms with Crippen LogP contribution < -0.4 is 5.32 Å². The first kappa shape index (κ1) is 17.2. The van der Waals surface area contributed by atoms with E-state index in [1.54, 1.807) is 12.4 Å². The molecule has 1 aromatic carbocycles. The topological polar surface area (TPSA) is 59.8 Å². The van der Waals surface area contributed by atoms with E-state index in [-0.39, 0.29) is 5.91 Å². The quantitative estimate of drug-likeness (QED) is 0.707. The molecular formula is C19H19ClN4O. The van der Waals surface area contributed by atoms with Crippen LogP contribution in [0.5, 0.6) is 0 Å². The molecule has 6 heteroatoms. The normalized spacial score (nSPS) is 10.6. The zero-order valence-electron chi connectivity index (χ0n) is 13.7. The number of halogens is 1. The fourth-order valence-electron chi connectivity index (χ4n) is 2.53. The molecule has 3 aromatic rings. The van der Waals surface area contributed by atoms with Crippen molar-refractivity contribution < 1.29 is 4.79 Å². The van der Waals surface area contributed by atoms with Gasteiger partial charge in [0.25, 0.3) is 0 Å². The number of pyridine rings is 1. The Labute approximate surface area is 151 Å². The summed E-state index contributed by atoms with van der Waals surface area (Å²) >= 11 is 5.94. The number of nitrogens with zero attached hydrogens (tertiary/aromatic N) is 3. The van der Waals surface area contributed by atoms with Crippen molar-refractivity contribution in [3.05, 3.63) is 71.8 Å². The standard InChI is InChI=1S/C19H19ClN4O/c20-18-3-1-2-15(12-18)4-5-19(25)22-10-11-24-14-17(13-23-24)16-6-8-21-9-7-16/h1-3,6-9,12-14H,4-5,10-11H2,(H,22,25). The maximum absolute atomic E-state index is 11.9. The van der Waals surface area contributed by atoms with Crippen LogP contribution in [-0.4, -0.2) is 27.2 Å². The number of amides is 1. The van der Waals surface area contributed by atoms with Crippen molar-refractivity contribution in [2.75, 3.05) is 6.54 Å². The van der Waals surface area contributed by atoms with E-state index in [0.29, 0.717) is 31.0 Å². The fourth-order valence-corrected chi connectivity index (χ4v) is 2.74. The molecule has 2 heterocycles. The summed E-state index contributed by atoms with van der Waals surface area (Å²) in [7, 11) is 0. The Morgan fingerprint density at radius 2 is 2.00 bits per heavy atom. The minimum Gasteiger partial charge on any atom is -0.354 e. The molecule has 1 amide bonds. The molecule has 0 aliphatic rings. The number of carbonyl (C=O) groups is 1. The van der Waals surface area contributed by atoms with Crippen LogP contribution in [-0.2, 0) is 17.8 Å². The van der Waals surface area contributed by atoms with Gasteiger partial charge in [-0.15, -0.1) is 0 Å². The molecule has 0 bridgehead atoms. The number of carbonyl (C=O) groups excluding carboxylic acids is 1. The van der Waals surface area contributed by atoms with E-state index in [2.05, 4.69) is 15.4 Å². The smallest absolute Gasteiger partial charge is 0.220 e. The summed E-state index contributed by atoms with van der Waals surface area (Å²) in [6.07, 6.45) is 8.42.